The zero-order chi connectivity index (χ0) is 24.8. The summed E-state index contributed by atoms with van der Waals surface area (Å²) in [4.78, 5) is 29.9. The van der Waals surface area contributed by atoms with E-state index in [0.717, 1.165) is 41.9 Å². The topological polar surface area (TPSA) is 52.7 Å². The van der Waals surface area contributed by atoms with Crippen molar-refractivity contribution >= 4 is 23.3 Å². The third-order valence-electron chi connectivity index (χ3n) is 6.70. The molecule has 0 aromatic heterocycles. The van der Waals surface area contributed by atoms with Crippen LogP contribution in [0, 0.1) is 0 Å². The second kappa shape index (κ2) is 11.2. The molecule has 3 aromatic carbocycles. The van der Waals surface area contributed by atoms with E-state index in [0.29, 0.717) is 19.0 Å². The van der Waals surface area contributed by atoms with E-state index in [1.54, 1.807) is 0 Å². The molecule has 0 unspecified atom stereocenters. The summed E-state index contributed by atoms with van der Waals surface area (Å²) < 4.78 is 0. The summed E-state index contributed by atoms with van der Waals surface area (Å²) >= 11 is 0. The van der Waals surface area contributed by atoms with Crippen LogP contribution >= 0.6 is 0 Å². The first kappa shape index (κ1) is 24.5. The number of amides is 3. The fourth-order valence-electron chi connectivity index (χ4n) is 4.61. The highest BCUT2D eigenvalue weighted by Crippen LogP contribution is 2.26. The van der Waals surface area contributed by atoms with Crippen LogP contribution < -0.4 is 10.2 Å². The number of carbonyl (C=O) groups is 2. The van der Waals surface area contributed by atoms with Crippen molar-refractivity contribution in [2.45, 2.75) is 52.0 Å². The number of anilines is 2. The standard InChI is InChI=1S/C30H35N3O2/c1-4-28(25-9-6-5-7-10-25)29(34)31-26-15-17-27(18-16-26)33-20-8-19-32(30(33)35)21-23-11-13-24(14-12-23)22(2)3/h5-7,9-18,22,28H,4,8,19-21H2,1-3H3,(H,31,34)/t28-/m1/s1. The van der Waals surface area contributed by atoms with Crippen LogP contribution in [0.4, 0.5) is 16.2 Å². The maximum atomic E-state index is 13.2. The largest absolute Gasteiger partial charge is 0.326 e. The molecule has 182 valence electrons. The SMILES string of the molecule is CC[C@@H](C(=O)Nc1ccc(N2CCCN(Cc3ccc(C(C)C)cc3)C2=O)cc1)c1ccccc1. The molecule has 0 saturated carbocycles. The van der Waals surface area contributed by atoms with Crippen molar-refractivity contribution < 1.29 is 9.59 Å². The predicted molar refractivity (Wildman–Crippen MR) is 143 cm³/mol. The van der Waals surface area contributed by atoms with Gasteiger partial charge in [-0.25, -0.2) is 4.79 Å². The Hall–Kier alpha value is -3.60. The summed E-state index contributed by atoms with van der Waals surface area (Å²) in [6.45, 7) is 8.45. The highest BCUT2D eigenvalue weighted by atomic mass is 16.2. The summed E-state index contributed by atoms with van der Waals surface area (Å²) in [5.41, 5.74) is 5.05. The summed E-state index contributed by atoms with van der Waals surface area (Å²) in [5, 5.41) is 3.03. The highest BCUT2D eigenvalue weighted by Gasteiger charge is 2.27. The zero-order valence-electron chi connectivity index (χ0n) is 20.9. The number of nitrogens with zero attached hydrogens (tertiary/aromatic N) is 2. The average Bonchev–Trinajstić information content (AvgIpc) is 2.87. The van der Waals surface area contributed by atoms with Crippen molar-refractivity contribution in [3.8, 4) is 0 Å². The summed E-state index contributed by atoms with van der Waals surface area (Å²) in [6.07, 6.45) is 1.65. The molecule has 1 saturated heterocycles. The van der Waals surface area contributed by atoms with E-state index in [2.05, 4.69) is 43.4 Å². The Morgan fingerprint density at radius 3 is 2.20 bits per heavy atom. The lowest BCUT2D eigenvalue weighted by atomic mass is 9.95. The van der Waals surface area contributed by atoms with Crippen LogP contribution in [0.25, 0.3) is 0 Å². The predicted octanol–water partition coefficient (Wildman–Crippen LogP) is 6.77. The molecule has 0 radical (unpaired) electrons. The van der Waals surface area contributed by atoms with Crippen LogP contribution in [0.5, 0.6) is 0 Å². The van der Waals surface area contributed by atoms with Gasteiger partial charge in [0, 0.05) is 31.0 Å². The van der Waals surface area contributed by atoms with Gasteiger partial charge in [-0.2, -0.15) is 0 Å². The molecular formula is C30H35N3O2. The molecule has 5 heteroatoms. The molecular weight excluding hydrogens is 434 g/mol. The summed E-state index contributed by atoms with van der Waals surface area (Å²) in [6, 6.07) is 26.0. The maximum Gasteiger partial charge on any atom is 0.324 e. The lowest BCUT2D eigenvalue weighted by molar-refractivity contribution is -0.117. The number of hydrogen-bond donors (Lipinski definition) is 1. The highest BCUT2D eigenvalue weighted by molar-refractivity contribution is 5.97. The van der Waals surface area contributed by atoms with Gasteiger partial charge < -0.3 is 10.2 Å². The maximum absolute atomic E-state index is 13.2. The Balaban J connectivity index is 1.40. The number of carbonyl (C=O) groups excluding carboxylic acids is 2. The van der Waals surface area contributed by atoms with E-state index in [1.807, 2.05) is 71.3 Å². The van der Waals surface area contributed by atoms with Crippen molar-refractivity contribution in [3.05, 3.63) is 95.6 Å². The number of nitrogens with one attached hydrogen (secondary N) is 1. The third-order valence-corrected chi connectivity index (χ3v) is 6.70. The van der Waals surface area contributed by atoms with Gasteiger partial charge >= 0.3 is 6.03 Å². The van der Waals surface area contributed by atoms with E-state index in [-0.39, 0.29) is 17.9 Å². The van der Waals surface area contributed by atoms with Gasteiger partial charge in [0.05, 0.1) is 5.92 Å². The molecule has 0 bridgehead atoms. The van der Waals surface area contributed by atoms with Crippen LogP contribution in [0.1, 0.15) is 62.1 Å². The van der Waals surface area contributed by atoms with E-state index in [4.69, 9.17) is 0 Å². The molecule has 35 heavy (non-hydrogen) atoms. The van der Waals surface area contributed by atoms with E-state index in [1.165, 1.54) is 5.56 Å². The Kier molecular flexibility index (Phi) is 7.86. The molecule has 1 atom stereocenters. The molecule has 0 aliphatic carbocycles. The number of rotatable bonds is 8. The fraction of sp³-hybridized carbons (Fsp3) is 0.333. The first-order valence-corrected chi connectivity index (χ1v) is 12.6. The zero-order valence-corrected chi connectivity index (χ0v) is 20.9. The molecule has 1 fully saturated rings. The van der Waals surface area contributed by atoms with Crippen molar-refractivity contribution in [2.75, 3.05) is 23.3 Å². The monoisotopic (exact) mass is 469 g/mol. The number of hydrogen-bond acceptors (Lipinski definition) is 2. The Bertz CT molecular complexity index is 1120. The second-order valence-electron chi connectivity index (χ2n) is 9.51. The molecule has 1 aliphatic rings. The molecule has 4 rings (SSSR count). The van der Waals surface area contributed by atoms with Gasteiger partial charge in [0.2, 0.25) is 5.91 Å². The van der Waals surface area contributed by atoms with Crippen molar-refractivity contribution in [1.82, 2.24) is 4.90 Å². The lowest BCUT2D eigenvalue weighted by Gasteiger charge is -2.35. The summed E-state index contributed by atoms with van der Waals surface area (Å²) in [7, 11) is 0. The normalized spacial score (nSPS) is 14.8. The van der Waals surface area contributed by atoms with Crippen LogP contribution in [-0.2, 0) is 11.3 Å². The average molecular weight is 470 g/mol. The van der Waals surface area contributed by atoms with E-state index < -0.39 is 0 Å². The Morgan fingerprint density at radius 2 is 1.57 bits per heavy atom. The smallest absolute Gasteiger partial charge is 0.324 e. The van der Waals surface area contributed by atoms with Crippen LogP contribution in [0.3, 0.4) is 0 Å². The number of benzene rings is 3. The van der Waals surface area contributed by atoms with E-state index in [9.17, 15) is 9.59 Å². The molecule has 1 heterocycles. The Labute approximate surface area is 208 Å². The minimum atomic E-state index is -0.192. The van der Waals surface area contributed by atoms with Gasteiger partial charge in [0.15, 0.2) is 0 Å². The van der Waals surface area contributed by atoms with E-state index >= 15 is 0 Å². The minimum absolute atomic E-state index is 0.0184. The van der Waals surface area contributed by atoms with Gasteiger partial charge in [-0.05, 0) is 59.7 Å². The number of urea groups is 1. The van der Waals surface area contributed by atoms with Crippen molar-refractivity contribution in [1.29, 1.82) is 0 Å². The first-order valence-electron chi connectivity index (χ1n) is 12.6. The third kappa shape index (κ3) is 5.91. The van der Waals surface area contributed by atoms with Crippen molar-refractivity contribution in [2.24, 2.45) is 0 Å². The molecule has 3 amide bonds. The minimum Gasteiger partial charge on any atom is -0.326 e. The van der Waals surface area contributed by atoms with Gasteiger partial charge in [0.25, 0.3) is 0 Å². The Morgan fingerprint density at radius 1 is 0.886 bits per heavy atom. The molecule has 5 nitrogen and oxygen atoms in total. The lowest BCUT2D eigenvalue weighted by Crippen LogP contribution is -2.49. The second-order valence-corrected chi connectivity index (χ2v) is 9.51. The van der Waals surface area contributed by atoms with Crippen molar-refractivity contribution in [3.63, 3.8) is 0 Å². The van der Waals surface area contributed by atoms with Crippen LogP contribution in [0.2, 0.25) is 0 Å². The molecule has 3 aromatic rings. The van der Waals surface area contributed by atoms with Crippen LogP contribution in [0.15, 0.2) is 78.9 Å². The van der Waals surface area contributed by atoms with Gasteiger partial charge in [0.1, 0.15) is 0 Å². The van der Waals surface area contributed by atoms with Gasteiger partial charge in [-0.1, -0.05) is 75.4 Å². The summed E-state index contributed by atoms with van der Waals surface area (Å²) in [5.74, 6) is 0.285. The van der Waals surface area contributed by atoms with Crippen LogP contribution in [-0.4, -0.2) is 29.9 Å². The first-order chi connectivity index (χ1) is 17.0. The molecule has 0 spiro atoms. The van der Waals surface area contributed by atoms with Gasteiger partial charge in [-0.3, -0.25) is 9.69 Å². The molecule has 1 aliphatic heterocycles. The van der Waals surface area contributed by atoms with Gasteiger partial charge in [-0.15, -0.1) is 0 Å². The quantitative estimate of drug-likeness (QED) is 0.396. The fourth-order valence-corrected chi connectivity index (χ4v) is 4.61. The molecule has 1 N–H and O–H groups in total.